The number of carbonyl (C=O) groups is 1. The minimum Gasteiger partial charge on any atom is -0.478 e. The van der Waals surface area contributed by atoms with Crippen LogP contribution in [0.1, 0.15) is 47.3 Å². The van der Waals surface area contributed by atoms with Crippen LogP contribution in [0.2, 0.25) is 0 Å². The summed E-state index contributed by atoms with van der Waals surface area (Å²) in [6, 6.07) is 6.50. The molecule has 1 aliphatic heterocycles. The number of anilines is 2. The Morgan fingerprint density at radius 2 is 1.88 bits per heavy atom. The first-order valence-electron chi connectivity index (χ1n) is 10.9. The van der Waals surface area contributed by atoms with E-state index >= 15 is 0 Å². The molecular weight excluding hydrogens is 449 g/mol. The molecule has 0 unspecified atom stereocenters. The summed E-state index contributed by atoms with van der Waals surface area (Å²) < 4.78 is 42.3. The third-order valence-electron chi connectivity index (χ3n) is 6.16. The van der Waals surface area contributed by atoms with Crippen molar-refractivity contribution in [1.82, 2.24) is 9.55 Å². The molecule has 1 saturated heterocycles. The van der Waals surface area contributed by atoms with E-state index in [-0.39, 0.29) is 42.7 Å². The van der Waals surface area contributed by atoms with Gasteiger partial charge in [-0.1, -0.05) is 6.07 Å². The molecule has 0 aliphatic carbocycles. The zero-order valence-corrected chi connectivity index (χ0v) is 19.0. The Labute approximate surface area is 193 Å². The Morgan fingerprint density at radius 3 is 2.53 bits per heavy atom. The van der Waals surface area contributed by atoms with Crippen LogP contribution in [0.4, 0.5) is 24.8 Å². The highest BCUT2D eigenvalue weighted by Gasteiger charge is 2.35. The molecule has 4 rings (SSSR count). The third kappa shape index (κ3) is 4.44. The second kappa shape index (κ2) is 8.66. The maximum absolute atomic E-state index is 13.7. The molecule has 0 spiro atoms. The third-order valence-corrected chi connectivity index (χ3v) is 6.16. The normalized spacial score (nSPS) is 16.5. The molecule has 0 bridgehead atoms. The lowest BCUT2D eigenvalue weighted by Gasteiger charge is -2.33. The molecule has 180 valence electrons. The summed E-state index contributed by atoms with van der Waals surface area (Å²) in [5.41, 5.74) is 1.54. The van der Waals surface area contributed by atoms with E-state index in [1.165, 1.54) is 10.6 Å². The molecule has 0 saturated carbocycles. The van der Waals surface area contributed by atoms with E-state index in [4.69, 9.17) is 4.98 Å². The lowest BCUT2D eigenvalue weighted by Crippen LogP contribution is -2.42. The van der Waals surface area contributed by atoms with Crippen LogP contribution in [0.25, 0.3) is 10.9 Å². The molecule has 2 N–H and O–H groups in total. The van der Waals surface area contributed by atoms with Crippen LogP contribution in [0.5, 0.6) is 0 Å². The first kappa shape index (κ1) is 23.6. The summed E-state index contributed by atoms with van der Waals surface area (Å²) in [6.45, 7) is 3.76. The lowest BCUT2D eigenvalue weighted by atomic mass is 10.0. The molecule has 1 atom stereocenters. The van der Waals surface area contributed by atoms with Gasteiger partial charge in [-0.3, -0.25) is 9.36 Å². The summed E-state index contributed by atoms with van der Waals surface area (Å²) in [5.74, 6) is -4.37. The van der Waals surface area contributed by atoms with Gasteiger partial charge in [-0.25, -0.2) is 22.9 Å². The number of aromatic carboxylic acids is 1. The summed E-state index contributed by atoms with van der Waals surface area (Å²) >= 11 is 0. The Hall–Kier alpha value is -3.56. The van der Waals surface area contributed by atoms with Crippen LogP contribution >= 0.6 is 0 Å². The quantitative estimate of drug-likeness (QED) is 0.567. The average molecular weight is 474 g/mol. The van der Waals surface area contributed by atoms with Crippen molar-refractivity contribution in [3.63, 3.8) is 0 Å². The second-order valence-electron chi connectivity index (χ2n) is 8.73. The van der Waals surface area contributed by atoms with Crippen LogP contribution in [0.15, 0.2) is 35.1 Å². The number of halogens is 3. The van der Waals surface area contributed by atoms with Gasteiger partial charge in [0.15, 0.2) is 0 Å². The first-order chi connectivity index (χ1) is 16.0. The van der Waals surface area contributed by atoms with Crippen molar-refractivity contribution in [1.29, 1.82) is 0 Å². The molecule has 3 aromatic rings. The Morgan fingerprint density at radius 1 is 1.21 bits per heavy atom. The second-order valence-corrected chi connectivity index (χ2v) is 8.73. The van der Waals surface area contributed by atoms with Crippen LogP contribution < -0.4 is 15.8 Å². The van der Waals surface area contributed by atoms with E-state index < -0.39 is 23.8 Å². The largest absolute Gasteiger partial charge is 0.478 e. The van der Waals surface area contributed by atoms with E-state index in [2.05, 4.69) is 5.32 Å². The fourth-order valence-electron chi connectivity index (χ4n) is 4.32. The number of piperidine rings is 1. The van der Waals surface area contributed by atoms with Crippen LogP contribution in [0.3, 0.4) is 0 Å². The number of nitrogens with one attached hydrogen (secondary N) is 1. The van der Waals surface area contributed by atoms with Gasteiger partial charge in [0.1, 0.15) is 5.82 Å². The van der Waals surface area contributed by atoms with Crippen molar-refractivity contribution >= 4 is 28.5 Å². The smallest absolute Gasteiger partial charge is 0.337 e. The van der Waals surface area contributed by atoms with Crippen molar-refractivity contribution in [2.45, 2.75) is 38.7 Å². The Bertz CT molecular complexity index is 1330. The number of aryl methyl sites for hydroxylation is 1. The maximum atomic E-state index is 13.7. The van der Waals surface area contributed by atoms with Gasteiger partial charge >= 0.3 is 5.97 Å². The molecule has 10 heteroatoms. The summed E-state index contributed by atoms with van der Waals surface area (Å²) in [5, 5.41) is 12.9. The molecule has 0 radical (unpaired) electrons. The number of fused-ring (bicyclic) bond motifs is 1. The number of hydrogen-bond donors (Lipinski definition) is 2. The van der Waals surface area contributed by atoms with Crippen molar-refractivity contribution in [3.05, 3.63) is 63.2 Å². The zero-order valence-electron chi connectivity index (χ0n) is 19.0. The number of alkyl halides is 2. The number of carboxylic acid groups (broad SMARTS) is 1. The molecular formula is C24H25F3N4O3. The Kier molecular flexibility index (Phi) is 6.01. The van der Waals surface area contributed by atoms with Crippen molar-refractivity contribution in [2.24, 2.45) is 7.05 Å². The highest BCUT2D eigenvalue weighted by Crippen LogP contribution is 2.32. The van der Waals surface area contributed by atoms with Crippen LogP contribution in [0, 0.1) is 12.7 Å². The van der Waals surface area contributed by atoms with Crippen molar-refractivity contribution in [2.75, 3.05) is 23.3 Å². The van der Waals surface area contributed by atoms with E-state index in [1.54, 1.807) is 24.9 Å². The fourth-order valence-corrected chi connectivity index (χ4v) is 4.32. The van der Waals surface area contributed by atoms with Gasteiger partial charge in [0.25, 0.3) is 11.5 Å². The van der Waals surface area contributed by atoms with E-state index in [0.717, 1.165) is 17.7 Å². The van der Waals surface area contributed by atoms with Gasteiger partial charge in [-0.05, 0) is 43.7 Å². The standard InChI is InChI=1S/C24H25F3N4O3/c1-13-10-16(14(2)28-19-5-4-15(25)12-17(19)22(33)34)20-18(11-13)21(32)30(3)23(29-20)31-8-6-24(26,27)7-9-31/h4-5,10-12,14,28H,6-9H2,1-3H3,(H,33,34)/t14-/m1/s1. The number of carboxylic acids is 1. The van der Waals surface area contributed by atoms with Gasteiger partial charge in [-0.15, -0.1) is 0 Å². The van der Waals surface area contributed by atoms with Gasteiger partial charge in [0, 0.05) is 44.2 Å². The predicted molar refractivity (Wildman–Crippen MR) is 124 cm³/mol. The average Bonchev–Trinajstić information content (AvgIpc) is 2.77. The van der Waals surface area contributed by atoms with Crippen LogP contribution in [-0.4, -0.2) is 39.6 Å². The minimum absolute atomic E-state index is 0.0747. The highest BCUT2D eigenvalue weighted by molar-refractivity contribution is 5.94. The van der Waals surface area contributed by atoms with Crippen molar-refractivity contribution < 1.29 is 23.1 Å². The molecule has 7 nitrogen and oxygen atoms in total. The SMILES string of the molecule is Cc1cc([C@@H](C)Nc2ccc(F)cc2C(=O)O)c2nc(N3CCC(F)(F)CC3)n(C)c(=O)c2c1. The lowest BCUT2D eigenvalue weighted by molar-refractivity contribution is -0.0223. The van der Waals surface area contributed by atoms with Crippen LogP contribution in [-0.2, 0) is 7.05 Å². The number of nitrogens with zero attached hydrogens (tertiary/aromatic N) is 3. The molecule has 1 aliphatic rings. The topological polar surface area (TPSA) is 87.5 Å². The molecule has 2 aromatic carbocycles. The first-order valence-corrected chi connectivity index (χ1v) is 10.9. The molecule has 0 amide bonds. The zero-order chi connectivity index (χ0) is 24.8. The van der Waals surface area contributed by atoms with Gasteiger partial charge in [-0.2, -0.15) is 0 Å². The van der Waals surface area contributed by atoms with E-state index in [9.17, 15) is 27.9 Å². The van der Waals surface area contributed by atoms with E-state index in [1.807, 2.05) is 13.0 Å². The summed E-state index contributed by atoms with van der Waals surface area (Å²) in [4.78, 5) is 31.2. The van der Waals surface area contributed by atoms with Crippen molar-refractivity contribution in [3.8, 4) is 0 Å². The summed E-state index contributed by atoms with van der Waals surface area (Å²) in [6.07, 6.45) is -0.635. The molecule has 1 fully saturated rings. The van der Waals surface area contributed by atoms with Gasteiger partial charge in [0.2, 0.25) is 5.95 Å². The minimum atomic E-state index is -2.73. The number of rotatable bonds is 5. The van der Waals surface area contributed by atoms with Gasteiger partial charge < -0.3 is 15.3 Å². The molecule has 34 heavy (non-hydrogen) atoms. The number of benzene rings is 2. The Balaban J connectivity index is 1.79. The number of hydrogen-bond acceptors (Lipinski definition) is 5. The molecule has 2 heterocycles. The fraction of sp³-hybridized carbons (Fsp3) is 0.375. The predicted octanol–water partition coefficient (Wildman–Crippen LogP) is 4.49. The number of aromatic nitrogens is 2. The highest BCUT2D eigenvalue weighted by atomic mass is 19.3. The van der Waals surface area contributed by atoms with Gasteiger partial charge in [0.05, 0.1) is 22.5 Å². The van der Waals surface area contributed by atoms with E-state index in [0.29, 0.717) is 22.4 Å². The summed E-state index contributed by atoms with van der Waals surface area (Å²) in [7, 11) is 1.57. The monoisotopic (exact) mass is 474 g/mol. The molecule has 1 aromatic heterocycles. The maximum Gasteiger partial charge on any atom is 0.337 e.